The summed E-state index contributed by atoms with van der Waals surface area (Å²) in [6.07, 6.45) is 1.03. The zero-order chi connectivity index (χ0) is 15.6. The van der Waals surface area contributed by atoms with E-state index in [2.05, 4.69) is 15.6 Å². The van der Waals surface area contributed by atoms with Crippen molar-refractivity contribution >= 4 is 17.6 Å². The Kier molecular flexibility index (Phi) is 3.92. The van der Waals surface area contributed by atoms with Gasteiger partial charge in [0.05, 0.1) is 6.20 Å². The summed E-state index contributed by atoms with van der Waals surface area (Å²) in [5.41, 5.74) is -0.713. The SMILES string of the molecule is Cc1ccc(F)c(NC(=O)Cn2cc(C(=O)O)nn2)c1F. The molecule has 2 rings (SSSR count). The van der Waals surface area contributed by atoms with Gasteiger partial charge >= 0.3 is 5.97 Å². The molecule has 1 aromatic heterocycles. The van der Waals surface area contributed by atoms with Crippen LogP contribution in [0, 0.1) is 18.6 Å². The first kappa shape index (κ1) is 14.6. The molecule has 0 fully saturated rings. The summed E-state index contributed by atoms with van der Waals surface area (Å²) >= 11 is 0. The molecule has 0 bridgehead atoms. The molecule has 0 spiro atoms. The number of halogens is 2. The highest BCUT2D eigenvalue weighted by Crippen LogP contribution is 2.21. The summed E-state index contributed by atoms with van der Waals surface area (Å²) in [7, 11) is 0. The normalized spacial score (nSPS) is 10.4. The second-order valence-electron chi connectivity index (χ2n) is 4.21. The molecule has 2 aromatic rings. The van der Waals surface area contributed by atoms with Gasteiger partial charge in [0, 0.05) is 0 Å². The molecule has 0 aliphatic rings. The van der Waals surface area contributed by atoms with Crippen LogP contribution in [0.3, 0.4) is 0 Å². The number of hydrogen-bond donors (Lipinski definition) is 2. The smallest absolute Gasteiger partial charge is 0.358 e. The Bertz CT molecular complexity index is 715. The number of rotatable bonds is 4. The molecule has 7 nitrogen and oxygen atoms in total. The van der Waals surface area contributed by atoms with E-state index in [0.717, 1.165) is 16.9 Å². The van der Waals surface area contributed by atoms with Crippen LogP contribution in [-0.2, 0) is 11.3 Å². The fourth-order valence-electron chi connectivity index (χ4n) is 1.57. The largest absolute Gasteiger partial charge is 0.476 e. The lowest BCUT2D eigenvalue weighted by Gasteiger charge is -2.09. The Hall–Kier alpha value is -2.84. The standard InChI is InChI=1S/C12H10F2N4O3/c1-6-2-3-7(13)11(10(6)14)15-9(19)5-18-4-8(12(20)21)16-17-18/h2-4H,5H2,1H3,(H,15,19)(H,20,21). The van der Waals surface area contributed by atoms with Crippen molar-refractivity contribution in [3.8, 4) is 0 Å². The monoisotopic (exact) mass is 296 g/mol. The minimum atomic E-state index is -1.29. The zero-order valence-electron chi connectivity index (χ0n) is 10.8. The van der Waals surface area contributed by atoms with Crippen LogP contribution in [0.4, 0.5) is 14.5 Å². The molecular formula is C12H10F2N4O3. The number of amides is 1. The number of carboxylic acids is 1. The lowest BCUT2D eigenvalue weighted by Crippen LogP contribution is -2.20. The molecule has 9 heteroatoms. The molecule has 0 saturated carbocycles. The van der Waals surface area contributed by atoms with Crippen LogP contribution in [0.2, 0.25) is 0 Å². The molecule has 2 N–H and O–H groups in total. The highest BCUT2D eigenvalue weighted by Gasteiger charge is 2.16. The molecule has 0 aliphatic heterocycles. The number of carboxylic acid groups (broad SMARTS) is 1. The summed E-state index contributed by atoms with van der Waals surface area (Å²) in [5, 5.41) is 17.5. The van der Waals surface area contributed by atoms with Crippen molar-refractivity contribution < 1.29 is 23.5 Å². The number of nitrogens with zero attached hydrogens (tertiary/aromatic N) is 3. The molecule has 0 unspecified atom stereocenters. The van der Waals surface area contributed by atoms with Crippen LogP contribution in [0.25, 0.3) is 0 Å². The van der Waals surface area contributed by atoms with Gasteiger partial charge in [0.1, 0.15) is 18.0 Å². The number of anilines is 1. The van der Waals surface area contributed by atoms with E-state index in [1.54, 1.807) is 0 Å². The fourth-order valence-corrected chi connectivity index (χ4v) is 1.57. The molecular weight excluding hydrogens is 286 g/mol. The lowest BCUT2D eigenvalue weighted by atomic mass is 10.2. The first-order valence-corrected chi connectivity index (χ1v) is 5.76. The Morgan fingerprint density at radius 3 is 2.71 bits per heavy atom. The Morgan fingerprint density at radius 2 is 2.10 bits per heavy atom. The van der Waals surface area contributed by atoms with E-state index >= 15 is 0 Å². The number of hydrogen-bond acceptors (Lipinski definition) is 4. The summed E-state index contributed by atoms with van der Waals surface area (Å²) in [5.74, 6) is -3.83. The van der Waals surface area contributed by atoms with Gasteiger partial charge in [-0.1, -0.05) is 11.3 Å². The number of aromatic nitrogens is 3. The molecule has 110 valence electrons. The van der Waals surface area contributed by atoms with E-state index in [9.17, 15) is 18.4 Å². The molecule has 0 aliphatic carbocycles. The first-order valence-electron chi connectivity index (χ1n) is 5.76. The van der Waals surface area contributed by atoms with Crippen molar-refractivity contribution in [1.29, 1.82) is 0 Å². The third kappa shape index (κ3) is 3.19. The third-order valence-electron chi connectivity index (χ3n) is 2.61. The number of aryl methyl sites for hydroxylation is 1. The van der Waals surface area contributed by atoms with Crippen molar-refractivity contribution in [2.75, 3.05) is 5.32 Å². The van der Waals surface area contributed by atoms with Crippen molar-refractivity contribution in [2.45, 2.75) is 13.5 Å². The predicted molar refractivity (Wildman–Crippen MR) is 66.7 cm³/mol. The molecule has 21 heavy (non-hydrogen) atoms. The van der Waals surface area contributed by atoms with Gasteiger partial charge in [-0.25, -0.2) is 18.3 Å². The van der Waals surface area contributed by atoms with Gasteiger partial charge < -0.3 is 10.4 Å². The lowest BCUT2D eigenvalue weighted by molar-refractivity contribution is -0.117. The minimum absolute atomic E-state index is 0.181. The Labute approximate surface area is 117 Å². The van der Waals surface area contributed by atoms with Crippen molar-refractivity contribution in [3.63, 3.8) is 0 Å². The van der Waals surface area contributed by atoms with E-state index in [-0.39, 0.29) is 11.3 Å². The van der Waals surface area contributed by atoms with Crippen molar-refractivity contribution in [3.05, 3.63) is 41.2 Å². The average molecular weight is 296 g/mol. The van der Waals surface area contributed by atoms with Crippen LogP contribution in [0.5, 0.6) is 0 Å². The first-order chi connectivity index (χ1) is 9.88. The zero-order valence-corrected chi connectivity index (χ0v) is 10.8. The van der Waals surface area contributed by atoms with Gasteiger partial charge in [0.15, 0.2) is 11.5 Å². The van der Waals surface area contributed by atoms with E-state index in [0.29, 0.717) is 0 Å². The summed E-state index contributed by atoms with van der Waals surface area (Å²) in [4.78, 5) is 22.3. The summed E-state index contributed by atoms with van der Waals surface area (Å²) in [6.45, 7) is 1.01. The van der Waals surface area contributed by atoms with Gasteiger partial charge in [-0.2, -0.15) is 0 Å². The second-order valence-corrected chi connectivity index (χ2v) is 4.21. The average Bonchev–Trinajstić information content (AvgIpc) is 2.88. The van der Waals surface area contributed by atoms with Crippen molar-refractivity contribution in [1.82, 2.24) is 15.0 Å². The van der Waals surface area contributed by atoms with Crippen LogP contribution in [-0.4, -0.2) is 32.0 Å². The second kappa shape index (κ2) is 5.65. The van der Waals surface area contributed by atoms with Crippen LogP contribution >= 0.6 is 0 Å². The van der Waals surface area contributed by atoms with Gasteiger partial charge in [-0.05, 0) is 18.6 Å². The minimum Gasteiger partial charge on any atom is -0.476 e. The van der Waals surface area contributed by atoms with E-state index in [1.807, 2.05) is 0 Å². The van der Waals surface area contributed by atoms with E-state index in [4.69, 9.17) is 5.11 Å². The molecule has 1 amide bonds. The van der Waals surface area contributed by atoms with Crippen molar-refractivity contribution in [2.24, 2.45) is 0 Å². The summed E-state index contributed by atoms with van der Waals surface area (Å²) in [6, 6.07) is 2.28. The number of carbonyl (C=O) groups excluding carboxylic acids is 1. The van der Waals surface area contributed by atoms with Crippen LogP contribution in [0.15, 0.2) is 18.3 Å². The highest BCUT2D eigenvalue weighted by molar-refractivity contribution is 5.91. The van der Waals surface area contributed by atoms with Gasteiger partial charge in [-0.3, -0.25) is 4.79 Å². The van der Waals surface area contributed by atoms with E-state index < -0.39 is 35.7 Å². The van der Waals surface area contributed by atoms with Gasteiger partial charge in [0.25, 0.3) is 0 Å². The highest BCUT2D eigenvalue weighted by atomic mass is 19.1. The van der Waals surface area contributed by atoms with Gasteiger partial charge in [0.2, 0.25) is 5.91 Å². The maximum Gasteiger partial charge on any atom is 0.358 e. The number of aromatic carboxylic acids is 1. The topological polar surface area (TPSA) is 97.1 Å². The fraction of sp³-hybridized carbons (Fsp3) is 0.167. The molecule has 0 radical (unpaired) electrons. The Morgan fingerprint density at radius 1 is 1.38 bits per heavy atom. The molecule has 0 saturated heterocycles. The number of benzene rings is 1. The van der Waals surface area contributed by atoms with Gasteiger partial charge in [-0.15, -0.1) is 5.10 Å². The summed E-state index contributed by atoms with van der Waals surface area (Å²) < 4.78 is 28.1. The quantitative estimate of drug-likeness (QED) is 0.883. The molecule has 0 atom stereocenters. The molecule has 1 heterocycles. The maximum atomic E-state index is 13.7. The maximum absolute atomic E-state index is 13.7. The Balaban J connectivity index is 2.11. The third-order valence-corrected chi connectivity index (χ3v) is 2.61. The number of carbonyl (C=O) groups is 2. The van der Waals surface area contributed by atoms with Crippen LogP contribution < -0.4 is 5.32 Å². The van der Waals surface area contributed by atoms with E-state index in [1.165, 1.54) is 13.0 Å². The number of nitrogens with one attached hydrogen (secondary N) is 1. The molecule has 1 aromatic carbocycles. The predicted octanol–water partition coefficient (Wildman–Crippen LogP) is 1.20. The van der Waals surface area contributed by atoms with Crippen LogP contribution in [0.1, 0.15) is 16.1 Å².